The number of aromatic nitrogens is 1. The van der Waals surface area contributed by atoms with Crippen molar-refractivity contribution in [3.05, 3.63) is 15.6 Å². The highest BCUT2D eigenvalue weighted by molar-refractivity contribution is 7.13. The Hall–Kier alpha value is -0.360. The molecule has 19 heavy (non-hydrogen) atoms. The molecule has 1 aromatic rings. The average molecular weight is 328 g/mol. The Morgan fingerprint density at radius 1 is 1.42 bits per heavy atom. The first-order valence-electron chi connectivity index (χ1n) is 5.96. The lowest BCUT2D eigenvalue weighted by molar-refractivity contribution is 0.0800. The average Bonchev–Trinajstić information content (AvgIpc) is 2.66. The van der Waals surface area contributed by atoms with E-state index in [2.05, 4.69) is 17.2 Å². The summed E-state index contributed by atoms with van der Waals surface area (Å²) < 4.78 is 0. The first kappa shape index (κ1) is 20.9. The number of hydrogen-bond donors (Lipinski definition) is 1. The van der Waals surface area contributed by atoms with Gasteiger partial charge in [-0.1, -0.05) is 6.92 Å². The molecular weight excluding hydrogens is 305 g/mol. The first-order chi connectivity index (χ1) is 8.10. The third kappa shape index (κ3) is 6.08. The van der Waals surface area contributed by atoms with Gasteiger partial charge in [0.05, 0.1) is 10.7 Å². The van der Waals surface area contributed by atoms with E-state index in [1.54, 1.807) is 4.90 Å². The van der Waals surface area contributed by atoms with Crippen LogP contribution in [0.1, 0.15) is 33.7 Å². The van der Waals surface area contributed by atoms with Crippen LogP contribution in [0, 0.1) is 6.92 Å². The highest BCUT2D eigenvalue weighted by Crippen LogP contribution is 2.20. The zero-order chi connectivity index (χ0) is 12.8. The molecule has 0 atom stereocenters. The molecule has 0 saturated carbocycles. The van der Waals surface area contributed by atoms with E-state index in [9.17, 15) is 4.79 Å². The van der Waals surface area contributed by atoms with Crippen molar-refractivity contribution in [2.24, 2.45) is 0 Å². The van der Waals surface area contributed by atoms with Crippen LogP contribution in [0.25, 0.3) is 0 Å². The molecule has 0 fully saturated rings. The molecule has 1 rings (SSSR count). The summed E-state index contributed by atoms with van der Waals surface area (Å²) in [6.45, 7) is 5.56. The van der Waals surface area contributed by atoms with Gasteiger partial charge in [-0.05, 0) is 26.8 Å². The van der Waals surface area contributed by atoms with Crippen molar-refractivity contribution in [3.63, 3.8) is 0 Å². The van der Waals surface area contributed by atoms with Crippen molar-refractivity contribution in [1.82, 2.24) is 15.2 Å². The second-order valence-corrected chi connectivity index (χ2v) is 5.19. The number of nitrogens with one attached hydrogen (secondary N) is 1. The van der Waals surface area contributed by atoms with Crippen LogP contribution in [-0.2, 0) is 6.42 Å². The SMILES string of the molecule is CCCc1nc(C)c(C(=O)N(C)CCNC)s1.Cl.Cl. The molecule has 1 heterocycles. The van der Waals surface area contributed by atoms with E-state index < -0.39 is 0 Å². The van der Waals surface area contributed by atoms with E-state index in [0.29, 0.717) is 0 Å². The van der Waals surface area contributed by atoms with Gasteiger partial charge >= 0.3 is 0 Å². The number of halogens is 2. The van der Waals surface area contributed by atoms with E-state index in [1.807, 2.05) is 21.0 Å². The van der Waals surface area contributed by atoms with Crippen molar-refractivity contribution in [2.75, 3.05) is 27.2 Å². The van der Waals surface area contributed by atoms with Gasteiger partial charge in [0.1, 0.15) is 4.88 Å². The number of rotatable bonds is 6. The van der Waals surface area contributed by atoms with Gasteiger partial charge < -0.3 is 10.2 Å². The van der Waals surface area contributed by atoms with E-state index in [1.165, 1.54) is 11.3 Å². The Balaban J connectivity index is 0. The Kier molecular flexibility index (Phi) is 11.5. The molecular formula is C12H23Cl2N3OS. The number of hydrogen-bond acceptors (Lipinski definition) is 4. The van der Waals surface area contributed by atoms with Gasteiger partial charge in [0.25, 0.3) is 5.91 Å². The Labute approximate surface area is 131 Å². The van der Waals surface area contributed by atoms with Crippen LogP contribution in [-0.4, -0.2) is 43.0 Å². The van der Waals surface area contributed by atoms with Crippen LogP contribution in [0.5, 0.6) is 0 Å². The maximum Gasteiger partial charge on any atom is 0.265 e. The molecule has 1 aromatic heterocycles. The standard InChI is InChI=1S/C12H21N3OS.2ClH/c1-5-6-10-14-9(2)11(17-10)12(16)15(4)8-7-13-3;;/h13H,5-8H2,1-4H3;2*1H. The lowest BCUT2D eigenvalue weighted by Crippen LogP contribution is -2.32. The van der Waals surface area contributed by atoms with Gasteiger partial charge in [-0.25, -0.2) is 4.98 Å². The van der Waals surface area contributed by atoms with Crippen LogP contribution < -0.4 is 5.32 Å². The number of likely N-dealkylation sites (N-methyl/N-ethyl adjacent to an activating group) is 2. The highest BCUT2D eigenvalue weighted by Gasteiger charge is 2.18. The van der Waals surface area contributed by atoms with E-state index in [4.69, 9.17) is 0 Å². The molecule has 0 aromatic carbocycles. The summed E-state index contributed by atoms with van der Waals surface area (Å²) in [6.07, 6.45) is 2.02. The molecule has 0 aliphatic rings. The quantitative estimate of drug-likeness (QED) is 0.873. The van der Waals surface area contributed by atoms with Crippen LogP contribution in [0.15, 0.2) is 0 Å². The minimum absolute atomic E-state index is 0. The summed E-state index contributed by atoms with van der Waals surface area (Å²) >= 11 is 1.53. The van der Waals surface area contributed by atoms with E-state index >= 15 is 0 Å². The van der Waals surface area contributed by atoms with Crippen LogP contribution in [0.2, 0.25) is 0 Å². The molecule has 0 unspecified atom stereocenters. The summed E-state index contributed by atoms with van der Waals surface area (Å²) in [5.74, 6) is 0.0811. The third-order valence-corrected chi connectivity index (χ3v) is 3.75. The number of nitrogens with zero attached hydrogens (tertiary/aromatic N) is 2. The number of amides is 1. The van der Waals surface area contributed by atoms with Crippen molar-refractivity contribution in [1.29, 1.82) is 0 Å². The van der Waals surface area contributed by atoms with Crippen molar-refractivity contribution >= 4 is 42.1 Å². The van der Waals surface area contributed by atoms with Gasteiger partial charge in [-0.3, -0.25) is 4.79 Å². The zero-order valence-electron chi connectivity index (χ0n) is 11.9. The highest BCUT2D eigenvalue weighted by atomic mass is 35.5. The summed E-state index contributed by atoms with van der Waals surface area (Å²) in [5.41, 5.74) is 0.861. The molecule has 0 aliphatic heterocycles. The zero-order valence-corrected chi connectivity index (χ0v) is 14.3. The minimum Gasteiger partial charge on any atom is -0.340 e. The predicted octanol–water partition coefficient (Wildman–Crippen LogP) is 2.54. The van der Waals surface area contributed by atoms with Gasteiger partial charge in [0.15, 0.2) is 0 Å². The second kappa shape index (κ2) is 10.4. The monoisotopic (exact) mass is 327 g/mol. The predicted molar refractivity (Wildman–Crippen MR) is 86.2 cm³/mol. The number of thiazole rings is 1. The summed E-state index contributed by atoms with van der Waals surface area (Å²) in [5, 5.41) is 4.10. The largest absolute Gasteiger partial charge is 0.340 e. The van der Waals surface area contributed by atoms with Crippen molar-refractivity contribution < 1.29 is 4.79 Å². The fourth-order valence-corrected chi connectivity index (χ4v) is 2.69. The van der Waals surface area contributed by atoms with Crippen LogP contribution in [0.3, 0.4) is 0 Å². The minimum atomic E-state index is 0. The number of carbonyl (C=O) groups is 1. The number of aryl methyl sites for hydroxylation is 2. The molecule has 0 spiro atoms. The smallest absolute Gasteiger partial charge is 0.265 e. The molecule has 4 nitrogen and oxygen atoms in total. The van der Waals surface area contributed by atoms with Gasteiger partial charge in [-0.15, -0.1) is 36.2 Å². The normalized spacial score (nSPS) is 9.47. The first-order valence-corrected chi connectivity index (χ1v) is 6.78. The fourth-order valence-electron chi connectivity index (χ4n) is 1.53. The summed E-state index contributed by atoms with van der Waals surface area (Å²) in [6, 6.07) is 0. The summed E-state index contributed by atoms with van der Waals surface area (Å²) in [4.78, 5) is 19.1. The Morgan fingerprint density at radius 2 is 2.05 bits per heavy atom. The fraction of sp³-hybridized carbons (Fsp3) is 0.667. The van der Waals surface area contributed by atoms with Gasteiger partial charge in [0, 0.05) is 20.1 Å². The molecule has 1 N–H and O–H groups in total. The molecule has 0 bridgehead atoms. The molecule has 0 radical (unpaired) electrons. The third-order valence-electron chi connectivity index (χ3n) is 2.54. The Morgan fingerprint density at radius 3 is 2.58 bits per heavy atom. The van der Waals surface area contributed by atoms with Crippen molar-refractivity contribution in [2.45, 2.75) is 26.7 Å². The molecule has 112 valence electrons. The molecule has 0 saturated heterocycles. The van der Waals surface area contributed by atoms with Gasteiger partial charge in [-0.2, -0.15) is 0 Å². The lowest BCUT2D eigenvalue weighted by atomic mass is 10.3. The lowest BCUT2D eigenvalue weighted by Gasteiger charge is -2.15. The topological polar surface area (TPSA) is 45.2 Å². The summed E-state index contributed by atoms with van der Waals surface area (Å²) in [7, 11) is 3.72. The van der Waals surface area contributed by atoms with E-state index in [-0.39, 0.29) is 30.7 Å². The molecule has 0 aliphatic carbocycles. The van der Waals surface area contributed by atoms with Crippen molar-refractivity contribution in [3.8, 4) is 0 Å². The van der Waals surface area contributed by atoms with E-state index in [0.717, 1.165) is 41.5 Å². The number of carbonyl (C=O) groups excluding carboxylic acids is 1. The molecule has 7 heteroatoms. The van der Waals surface area contributed by atoms with Crippen LogP contribution >= 0.6 is 36.2 Å². The second-order valence-electron chi connectivity index (χ2n) is 4.10. The molecule has 1 amide bonds. The maximum absolute atomic E-state index is 12.2. The van der Waals surface area contributed by atoms with Crippen LogP contribution in [0.4, 0.5) is 0 Å². The maximum atomic E-state index is 12.2. The van der Waals surface area contributed by atoms with Gasteiger partial charge in [0.2, 0.25) is 0 Å². The Bertz CT molecular complexity index is 385.